The summed E-state index contributed by atoms with van der Waals surface area (Å²) in [6.45, 7) is 11.7. The highest BCUT2D eigenvalue weighted by Gasteiger charge is 2.32. The lowest BCUT2D eigenvalue weighted by Crippen LogP contribution is -2.41. The molecule has 1 atom stereocenters. The van der Waals surface area contributed by atoms with Gasteiger partial charge < -0.3 is 10.2 Å². The van der Waals surface area contributed by atoms with Crippen LogP contribution in [0.15, 0.2) is 12.3 Å². The van der Waals surface area contributed by atoms with E-state index in [1.807, 2.05) is 6.20 Å². The van der Waals surface area contributed by atoms with Crippen LogP contribution in [0.1, 0.15) is 44.7 Å². The number of rotatable bonds is 4. The van der Waals surface area contributed by atoms with Gasteiger partial charge in [-0.25, -0.2) is 0 Å². The molecular weight excluding hydrogens is 284 g/mol. The number of nitrogens with zero attached hydrogens (tertiary/aromatic N) is 3. The van der Waals surface area contributed by atoms with Crippen molar-refractivity contribution in [3.05, 3.63) is 18.0 Å². The molecule has 0 amide bonds. The van der Waals surface area contributed by atoms with Crippen LogP contribution in [-0.4, -0.2) is 47.4 Å². The lowest BCUT2D eigenvalue weighted by atomic mass is 9.87. The molecule has 0 aromatic carbocycles. The Morgan fingerprint density at radius 3 is 2.76 bits per heavy atom. The molecule has 5 heteroatoms. The van der Waals surface area contributed by atoms with Crippen LogP contribution in [0.2, 0.25) is 0 Å². The summed E-state index contributed by atoms with van der Waals surface area (Å²) in [6, 6.07) is 2.21. The maximum Gasteiger partial charge on any atom is 0.0492 e. The van der Waals surface area contributed by atoms with Gasteiger partial charge in [-0.3, -0.25) is 4.68 Å². The summed E-state index contributed by atoms with van der Waals surface area (Å²) in [5.41, 5.74) is 1.94. The first-order valence-corrected chi connectivity index (χ1v) is 8.15. The van der Waals surface area contributed by atoms with E-state index >= 15 is 0 Å². The van der Waals surface area contributed by atoms with Gasteiger partial charge in [0, 0.05) is 37.4 Å². The zero-order chi connectivity index (χ0) is 14.0. The second kappa shape index (κ2) is 7.12. The number of hydrogen-bond donors (Lipinski definition) is 1. The SMILES string of the molecule is CCn1nccc1C1CCN(CC2(C)CCNC2)CC1.Cl. The van der Waals surface area contributed by atoms with Crippen molar-refractivity contribution in [3.8, 4) is 0 Å². The largest absolute Gasteiger partial charge is 0.316 e. The van der Waals surface area contributed by atoms with Crippen LogP contribution in [0.5, 0.6) is 0 Å². The van der Waals surface area contributed by atoms with Crippen LogP contribution in [0.3, 0.4) is 0 Å². The second-order valence-corrected chi connectivity index (χ2v) is 6.86. The molecule has 0 radical (unpaired) electrons. The van der Waals surface area contributed by atoms with Gasteiger partial charge in [0.2, 0.25) is 0 Å². The Morgan fingerprint density at radius 2 is 2.14 bits per heavy atom. The molecule has 1 unspecified atom stereocenters. The van der Waals surface area contributed by atoms with Crippen LogP contribution < -0.4 is 5.32 Å². The van der Waals surface area contributed by atoms with Gasteiger partial charge in [0.1, 0.15) is 0 Å². The molecule has 2 aliphatic rings. The minimum Gasteiger partial charge on any atom is -0.316 e. The van der Waals surface area contributed by atoms with Gasteiger partial charge in [0.05, 0.1) is 0 Å². The molecular formula is C16H29ClN4. The molecule has 1 N–H and O–H groups in total. The Balaban J connectivity index is 0.00000161. The summed E-state index contributed by atoms with van der Waals surface area (Å²) in [7, 11) is 0. The standard InChI is InChI=1S/C16H28N4.ClH/c1-3-20-15(4-8-18-20)14-5-10-19(11-6-14)13-16(2)7-9-17-12-16;/h4,8,14,17H,3,5-7,9-13H2,1-2H3;1H. The van der Waals surface area contributed by atoms with E-state index in [-0.39, 0.29) is 12.4 Å². The Kier molecular flexibility index (Phi) is 5.69. The monoisotopic (exact) mass is 312 g/mol. The van der Waals surface area contributed by atoms with Crippen LogP contribution in [-0.2, 0) is 6.54 Å². The van der Waals surface area contributed by atoms with E-state index in [2.05, 4.69) is 39.9 Å². The van der Waals surface area contributed by atoms with Crippen molar-refractivity contribution < 1.29 is 0 Å². The molecule has 2 fully saturated rings. The van der Waals surface area contributed by atoms with Crippen LogP contribution in [0, 0.1) is 5.41 Å². The molecule has 0 aliphatic carbocycles. The van der Waals surface area contributed by atoms with Gasteiger partial charge in [-0.05, 0) is 57.3 Å². The van der Waals surface area contributed by atoms with Crippen LogP contribution in [0.4, 0.5) is 0 Å². The molecule has 0 spiro atoms. The topological polar surface area (TPSA) is 33.1 Å². The van der Waals surface area contributed by atoms with Gasteiger partial charge in [0.25, 0.3) is 0 Å². The number of aryl methyl sites for hydroxylation is 1. The van der Waals surface area contributed by atoms with Gasteiger partial charge in [-0.15, -0.1) is 12.4 Å². The zero-order valence-electron chi connectivity index (χ0n) is 13.3. The molecule has 1 aromatic rings. The van der Waals surface area contributed by atoms with Crippen molar-refractivity contribution in [1.29, 1.82) is 0 Å². The third kappa shape index (κ3) is 3.79. The van der Waals surface area contributed by atoms with Crippen molar-refractivity contribution in [3.63, 3.8) is 0 Å². The van der Waals surface area contributed by atoms with Crippen LogP contribution >= 0.6 is 12.4 Å². The molecule has 3 heterocycles. The van der Waals surface area contributed by atoms with Crippen LogP contribution in [0.25, 0.3) is 0 Å². The summed E-state index contributed by atoms with van der Waals surface area (Å²) in [5.74, 6) is 0.711. The highest BCUT2D eigenvalue weighted by Crippen LogP contribution is 2.31. The van der Waals surface area contributed by atoms with E-state index in [0.29, 0.717) is 11.3 Å². The highest BCUT2D eigenvalue weighted by molar-refractivity contribution is 5.85. The summed E-state index contributed by atoms with van der Waals surface area (Å²) in [6.07, 6.45) is 5.86. The van der Waals surface area contributed by atoms with E-state index < -0.39 is 0 Å². The maximum atomic E-state index is 4.42. The summed E-state index contributed by atoms with van der Waals surface area (Å²) >= 11 is 0. The van der Waals surface area contributed by atoms with Gasteiger partial charge in [-0.2, -0.15) is 5.10 Å². The van der Waals surface area contributed by atoms with E-state index in [4.69, 9.17) is 0 Å². The fourth-order valence-electron chi connectivity index (χ4n) is 3.88. The summed E-state index contributed by atoms with van der Waals surface area (Å²) < 4.78 is 2.17. The van der Waals surface area contributed by atoms with Gasteiger partial charge in [0.15, 0.2) is 0 Å². The number of nitrogens with one attached hydrogen (secondary N) is 1. The fraction of sp³-hybridized carbons (Fsp3) is 0.812. The van der Waals surface area contributed by atoms with E-state index in [0.717, 1.165) is 6.54 Å². The predicted molar refractivity (Wildman–Crippen MR) is 89.2 cm³/mol. The molecule has 21 heavy (non-hydrogen) atoms. The first-order valence-electron chi connectivity index (χ1n) is 8.15. The fourth-order valence-corrected chi connectivity index (χ4v) is 3.88. The number of hydrogen-bond acceptors (Lipinski definition) is 3. The molecule has 2 saturated heterocycles. The van der Waals surface area contributed by atoms with Crippen molar-refractivity contribution in [2.75, 3.05) is 32.7 Å². The molecule has 0 bridgehead atoms. The molecule has 3 rings (SSSR count). The highest BCUT2D eigenvalue weighted by atomic mass is 35.5. The van der Waals surface area contributed by atoms with Gasteiger partial charge in [-0.1, -0.05) is 6.92 Å². The number of piperidine rings is 1. The molecule has 0 saturated carbocycles. The molecule has 1 aromatic heterocycles. The predicted octanol–water partition coefficient (Wildman–Crippen LogP) is 2.50. The maximum absolute atomic E-state index is 4.42. The minimum absolute atomic E-state index is 0. The van der Waals surface area contributed by atoms with E-state index in [1.54, 1.807) is 0 Å². The third-order valence-corrected chi connectivity index (χ3v) is 5.12. The average molecular weight is 313 g/mol. The minimum atomic E-state index is 0. The summed E-state index contributed by atoms with van der Waals surface area (Å²) in [5, 5.41) is 7.93. The molecule has 120 valence electrons. The van der Waals surface area contributed by atoms with Crippen molar-refractivity contribution in [2.45, 2.75) is 45.6 Å². The van der Waals surface area contributed by atoms with Gasteiger partial charge >= 0.3 is 0 Å². The first kappa shape index (κ1) is 16.8. The number of halogens is 1. The first-order chi connectivity index (χ1) is 9.70. The normalized spacial score (nSPS) is 27.7. The van der Waals surface area contributed by atoms with E-state index in [9.17, 15) is 0 Å². The zero-order valence-corrected chi connectivity index (χ0v) is 14.2. The van der Waals surface area contributed by atoms with Crippen molar-refractivity contribution >= 4 is 12.4 Å². The smallest absolute Gasteiger partial charge is 0.0492 e. The quantitative estimate of drug-likeness (QED) is 0.927. The third-order valence-electron chi connectivity index (χ3n) is 5.12. The number of likely N-dealkylation sites (tertiary alicyclic amines) is 1. The molecule has 4 nitrogen and oxygen atoms in total. The summed E-state index contributed by atoms with van der Waals surface area (Å²) in [4.78, 5) is 2.68. The second-order valence-electron chi connectivity index (χ2n) is 6.86. The Hall–Kier alpha value is -0.580. The Bertz CT molecular complexity index is 431. The Labute approximate surface area is 134 Å². The van der Waals surface area contributed by atoms with E-state index in [1.165, 1.54) is 57.7 Å². The van der Waals surface area contributed by atoms with Crippen molar-refractivity contribution in [2.24, 2.45) is 5.41 Å². The average Bonchev–Trinajstić information content (AvgIpc) is 3.08. The molecule has 2 aliphatic heterocycles. The lowest BCUT2D eigenvalue weighted by Gasteiger charge is -2.37. The lowest BCUT2D eigenvalue weighted by molar-refractivity contribution is 0.142. The number of aromatic nitrogens is 2. The Morgan fingerprint density at radius 1 is 1.38 bits per heavy atom. The van der Waals surface area contributed by atoms with Crippen molar-refractivity contribution in [1.82, 2.24) is 20.0 Å².